The molecule has 1 unspecified atom stereocenters. The average molecular weight is 368 g/mol. The van der Waals surface area contributed by atoms with Crippen LogP contribution in [0.15, 0.2) is 29.2 Å². The van der Waals surface area contributed by atoms with Crippen LogP contribution in [0.2, 0.25) is 0 Å². The number of sulfonamides is 1. The molecule has 0 aliphatic carbocycles. The summed E-state index contributed by atoms with van der Waals surface area (Å²) in [7, 11) is -3.47. The maximum atomic E-state index is 12.3. The van der Waals surface area contributed by atoms with Gasteiger partial charge in [0.1, 0.15) is 0 Å². The van der Waals surface area contributed by atoms with Gasteiger partial charge in [-0.25, -0.2) is 13.1 Å². The van der Waals surface area contributed by atoms with Crippen molar-refractivity contribution < 1.29 is 17.9 Å². The predicted molar refractivity (Wildman–Crippen MR) is 95.9 cm³/mol. The SMILES string of the molecule is O=S(=O)(NCC1CCCO1)c1ccc(CNCC2CCOCC2)cc1. The monoisotopic (exact) mass is 368 g/mol. The summed E-state index contributed by atoms with van der Waals surface area (Å²) in [4.78, 5) is 0.304. The van der Waals surface area contributed by atoms with Crippen LogP contribution in [0.1, 0.15) is 31.2 Å². The van der Waals surface area contributed by atoms with Crippen LogP contribution in [0.5, 0.6) is 0 Å². The van der Waals surface area contributed by atoms with Gasteiger partial charge in [0.05, 0.1) is 11.0 Å². The maximum absolute atomic E-state index is 12.3. The largest absolute Gasteiger partial charge is 0.381 e. The normalized spacial score (nSPS) is 22.3. The highest BCUT2D eigenvalue weighted by Crippen LogP contribution is 2.15. The Morgan fingerprint density at radius 3 is 2.44 bits per heavy atom. The molecule has 140 valence electrons. The maximum Gasteiger partial charge on any atom is 0.240 e. The Hall–Kier alpha value is -0.990. The first-order valence-electron chi connectivity index (χ1n) is 9.12. The minimum Gasteiger partial charge on any atom is -0.381 e. The van der Waals surface area contributed by atoms with Crippen molar-refractivity contribution in [2.24, 2.45) is 5.92 Å². The fourth-order valence-electron chi connectivity index (χ4n) is 3.25. The standard InChI is InChI=1S/C18H28N2O4S/c21-25(22,20-14-17-2-1-9-24-17)18-5-3-15(4-6-18)12-19-13-16-7-10-23-11-8-16/h3-6,16-17,19-20H,1-2,7-14H2. The van der Waals surface area contributed by atoms with Gasteiger partial charge in [-0.15, -0.1) is 0 Å². The Balaban J connectivity index is 1.45. The molecule has 1 atom stereocenters. The molecular weight excluding hydrogens is 340 g/mol. The molecule has 25 heavy (non-hydrogen) atoms. The van der Waals surface area contributed by atoms with Gasteiger partial charge in [-0.1, -0.05) is 12.1 Å². The van der Waals surface area contributed by atoms with Crippen molar-refractivity contribution in [3.05, 3.63) is 29.8 Å². The van der Waals surface area contributed by atoms with E-state index in [1.165, 1.54) is 0 Å². The highest BCUT2D eigenvalue weighted by atomic mass is 32.2. The number of benzene rings is 1. The highest BCUT2D eigenvalue weighted by Gasteiger charge is 2.20. The van der Waals surface area contributed by atoms with Crippen LogP contribution < -0.4 is 10.0 Å². The summed E-state index contributed by atoms with van der Waals surface area (Å²) in [5.41, 5.74) is 1.09. The van der Waals surface area contributed by atoms with E-state index in [9.17, 15) is 8.42 Å². The Labute approximate surface area is 150 Å². The highest BCUT2D eigenvalue weighted by molar-refractivity contribution is 7.89. The van der Waals surface area contributed by atoms with E-state index in [0.29, 0.717) is 17.4 Å². The Morgan fingerprint density at radius 2 is 1.76 bits per heavy atom. The van der Waals surface area contributed by atoms with Gasteiger partial charge >= 0.3 is 0 Å². The zero-order valence-electron chi connectivity index (χ0n) is 14.6. The molecule has 3 rings (SSSR count). The molecule has 2 aliphatic heterocycles. The third-order valence-corrected chi connectivity index (χ3v) is 6.30. The molecule has 0 amide bonds. The fourth-order valence-corrected chi connectivity index (χ4v) is 4.32. The van der Waals surface area contributed by atoms with Gasteiger partial charge in [-0.3, -0.25) is 0 Å². The Bertz CT molecular complexity index is 621. The predicted octanol–water partition coefficient (Wildman–Crippen LogP) is 1.66. The molecule has 7 heteroatoms. The molecule has 1 aromatic carbocycles. The van der Waals surface area contributed by atoms with E-state index in [2.05, 4.69) is 10.0 Å². The zero-order chi connectivity index (χ0) is 17.5. The summed E-state index contributed by atoms with van der Waals surface area (Å²) in [6.45, 7) is 4.52. The molecule has 2 N–H and O–H groups in total. The van der Waals surface area contributed by atoms with Crippen LogP contribution in [-0.4, -0.2) is 47.4 Å². The smallest absolute Gasteiger partial charge is 0.240 e. The minimum absolute atomic E-state index is 0.00318. The number of rotatable bonds is 8. The molecule has 0 aromatic heterocycles. The molecule has 2 aliphatic rings. The molecule has 0 radical (unpaired) electrons. The zero-order valence-corrected chi connectivity index (χ0v) is 15.4. The quantitative estimate of drug-likeness (QED) is 0.730. The van der Waals surface area contributed by atoms with Crippen molar-refractivity contribution in [3.8, 4) is 0 Å². The van der Waals surface area contributed by atoms with Gasteiger partial charge in [-0.05, 0) is 55.8 Å². The lowest BCUT2D eigenvalue weighted by atomic mass is 10.0. The summed E-state index contributed by atoms with van der Waals surface area (Å²) >= 11 is 0. The van der Waals surface area contributed by atoms with Crippen molar-refractivity contribution in [1.82, 2.24) is 10.0 Å². The van der Waals surface area contributed by atoms with Gasteiger partial charge in [0.15, 0.2) is 0 Å². The summed E-state index contributed by atoms with van der Waals surface area (Å²) in [5.74, 6) is 0.676. The molecule has 0 bridgehead atoms. The van der Waals surface area contributed by atoms with Crippen LogP contribution in [0.4, 0.5) is 0 Å². The van der Waals surface area contributed by atoms with E-state index < -0.39 is 10.0 Å². The molecule has 2 saturated heterocycles. The van der Waals surface area contributed by atoms with Gasteiger partial charge in [-0.2, -0.15) is 0 Å². The molecule has 6 nitrogen and oxygen atoms in total. The van der Waals surface area contributed by atoms with Gasteiger partial charge < -0.3 is 14.8 Å². The van der Waals surface area contributed by atoms with E-state index in [1.807, 2.05) is 12.1 Å². The summed E-state index contributed by atoms with van der Waals surface area (Å²) in [5, 5.41) is 3.45. The average Bonchev–Trinajstić information content (AvgIpc) is 3.15. The van der Waals surface area contributed by atoms with Crippen molar-refractivity contribution in [2.45, 2.75) is 43.2 Å². The summed E-state index contributed by atoms with van der Waals surface area (Å²) in [6.07, 6.45) is 4.15. The molecule has 0 saturated carbocycles. The fraction of sp³-hybridized carbons (Fsp3) is 0.667. The van der Waals surface area contributed by atoms with Gasteiger partial charge in [0.2, 0.25) is 10.0 Å². The third kappa shape index (κ3) is 5.76. The van der Waals surface area contributed by atoms with Crippen molar-refractivity contribution in [1.29, 1.82) is 0 Å². The Morgan fingerprint density at radius 1 is 1.00 bits per heavy atom. The van der Waals surface area contributed by atoms with E-state index in [1.54, 1.807) is 12.1 Å². The van der Waals surface area contributed by atoms with Crippen LogP contribution in [-0.2, 0) is 26.0 Å². The summed E-state index contributed by atoms with van der Waals surface area (Å²) in [6, 6.07) is 7.09. The lowest BCUT2D eigenvalue weighted by molar-refractivity contribution is 0.0662. The Kier molecular flexibility index (Phi) is 6.84. The second kappa shape index (κ2) is 9.09. The third-order valence-electron chi connectivity index (χ3n) is 4.86. The minimum atomic E-state index is -3.47. The van der Waals surface area contributed by atoms with E-state index >= 15 is 0 Å². The second-order valence-electron chi connectivity index (χ2n) is 6.82. The van der Waals surface area contributed by atoms with Crippen LogP contribution >= 0.6 is 0 Å². The van der Waals surface area contributed by atoms with Crippen molar-refractivity contribution >= 4 is 10.0 Å². The summed E-state index contributed by atoms with van der Waals surface area (Å²) < 4.78 is 38.1. The topological polar surface area (TPSA) is 76.7 Å². The first kappa shape index (κ1) is 18.8. The molecule has 2 heterocycles. The van der Waals surface area contributed by atoms with Gasteiger partial charge in [0.25, 0.3) is 0 Å². The molecule has 1 aromatic rings. The van der Waals surface area contributed by atoms with Crippen LogP contribution in [0, 0.1) is 5.92 Å². The molecule has 0 spiro atoms. The first-order chi connectivity index (χ1) is 12.1. The van der Waals surface area contributed by atoms with E-state index in [4.69, 9.17) is 9.47 Å². The van der Waals surface area contributed by atoms with Crippen molar-refractivity contribution in [3.63, 3.8) is 0 Å². The number of hydrogen-bond acceptors (Lipinski definition) is 5. The van der Waals surface area contributed by atoms with Crippen LogP contribution in [0.25, 0.3) is 0 Å². The van der Waals surface area contributed by atoms with Gasteiger partial charge in [0, 0.05) is 32.9 Å². The molecular formula is C18H28N2O4S. The number of hydrogen-bond donors (Lipinski definition) is 2. The van der Waals surface area contributed by atoms with E-state index in [0.717, 1.165) is 64.2 Å². The lowest BCUT2D eigenvalue weighted by Crippen LogP contribution is -2.31. The van der Waals surface area contributed by atoms with Crippen LogP contribution in [0.3, 0.4) is 0 Å². The molecule has 2 fully saturated rings. The first-order valence-corrected chi connectivity index (χ1v) is 10.6. The number of nitrogens with one attached hydrogen (secondary N) is 2. The van der Waals surface area contributed by atoms with E-state index in [-0.39, 0.29) is 6.10 Å². The lowest BCUT2D eigenvalue weighted by Gasteiger charge is -2.22. The number of ether oxygens (including phenoxy) is 2. The second-order valence-corrected chi connectivity index (χ2v) is 8.58. The van der Waals surface area contributed by atoms with Crippen molar-refractivity contribution in [2.75, 3.05) is 32.9 Å².